The molecule has 1 amide bonds. The number of thiophene rings is 1. The zero-order valence-corrected chi connectivity index (χ0v) is 12.6. The van der Waals surface area contributed by atoms with E-state index in [1.165, 1.54) is 11.3 Å². The molecule has 20 heavy (non-hydrogen) atoms. The number of fused-ring (bicyclic) bond motifs is 1. The van der Waals surface area contributed by atoms with Gasteiger partial charge in [0.1, 0.15) is 4.88 Å². The quantitative estimate of drug-likeness (QED) is 0.896. The minimum Gasteiger partial charge on any atom is -0.397 e. The summed E-state index contributed by atoms with van der Waals surface area (Å²) in [4.78, 5) is 12.9. The van der Waals surface area contributed by atoms with Crippen LogP contribution in [0.4, 0.5) is 5.69 Å². The summed E-state index contributed by atoms with van der Waals surface area (Å²) in [6, 6.07) is 5.55. The van der Waals surface area contributed by atoms with Gasteiger partial charge in [-0.15, -0.1) is 11.3 Å². The van der Waals surface area contributed by atoms with E-state index in [9.17, 15) is 4.79 Å². The van der Waals surface area contributed by atoms with Crippen LogP contribution in [0.15, 0.2) is 18.2 Å². The number of hydrogen-bond acceptors (Lipinski definition) is 4. The molecule has 2 aromatic rings. The SMILES string of the molecule is CC1(NC(=O)c2sc3cccc(Cl)c3c2N)CCOC1. The van der Waals surface area contributed by atoms with E-state index < -0.39 is 0 Å². The highest BCUT2D eigenvalue weighted by atomic mass is 35.5. The second-order valence-electron chi connectivity index (χ2n) is 5.28. The highest BCUT2D eigenvalue weighted by Crippen LogP contribution is 2.38. The second-order valence-corrected chi connectivity index (χ2v) is 6.73. The molecule has 0 bridgehead atoms. The van der Waals surface area contributed by atoms with Crippen LogP contribution in [0.3, 0.4) is 0 Å². The van der Waals surface area contributed by atoms with Crippen molar-refractivity contribution < 1.29 is 9.53 Å². The summed E-state index contributed by atoms with van der Waals surface area (Å²) >= 11 is 7.52. The maximum absolute atomic E-state index is 12.4. The Hall–Kier alpha value is -1.30. The fraction of sp³-hybridized carbons (Fsp3) is 0.357. The number of nitrogens with one attached hydrogen (secondary N) is 1. The third-order valence-electron chi connectivity index (χ3n) is 3.54. The first-order valence-electron chi connectivity index (χ1n) is 6.37. The Morgan fingerprint density at radius 1 is 1.55 bits per heavy atom. The highest BCUT2D eigenvalue weighted by molar-refractivity contribution is 7.21. The van der Waals surface area contributed by atoms with Crippen molar-refractivity contribution in [2.24, 2.45) is 0 Å². The van der Waals surface area contributed by atoms with Gasteiger partial charge in [0.25, 0.3) is 5.91 Å². The lowest BCUT2D eigenvalue weighted by Crippen LogP contribution is -2.46. The predicted octanol–water partition coefficient (Wildman–Crippen LogP) is 3.05. The van der Waals surface area contributed by atoms with Crippen LogP contribution in [0.2, 0.25) is 5.02 Å². The van der Waals surface area contributed by atoms with Crippen molar-refractivity contribution in [2.45, 2.75) is 18.9 Å². The average molecular weight is 311 g/mol. The van der Waals surface area contributed by atoms with Crippen LogP contribution in [0, 0.1) is 0 Å². The number of rotatable bonds is 2. The lowest BCUT2D eigenvalue weighted by molar-refractivity contribution is 0.0895. The minimum absolute atomic E-state index is 0.159. The summed E-state index contributed by atoms with van der Waals surface area (Å²) in [5.41, 5.74) is 6.23. The van der Waals surface area contributed by atoms with E-state index in [4.69, 9.17) is 22.1 Å². The Morgan fingerprint density at radius 2 is 2.35 bits per heavy atom. The first-order chi connectivity index (χ1) is 9.50. The van der Waals surface area contributed by atoms with Crippen molar-refractivity contribution in [3.8, 4) is 0 Å². The number of nitrogens with two attached hydrogens (primary N) is 1. The van der Waals surface area contributed by atoms with E-state index in [1.54, 1.807) is 6.07 Å². The molecule has 1 fully saturated rings. The Morgan fingerprint density at radius 3 is 3.00 bits per heavy atom. The van der Waals surface area contributed by atoms with E-state index in [-0.39, 0.29) is 11.4 Å². The molecule has 0 saturated carbocycles. The average Bonchev–Trinajstić information content (AvgIpc) is 2.95. The van der Waals surface area contributed by atoms with Gasteiger partial charge >= 0.3 is 0 Å². The van der Waals surface area contributed by atoms with Crippen molar-refractivity contribution in [2.75, 3.05) is 18.9 Å². The number of anilines is 1. The van der Waals surface area contributed by atoms with Crippen LogP contribution in [0.25, 0.3) is 10.1 Å². The summed E-state index contributed by atoms with van der Waals surface area (Å²) in [5.74, 6) is -0.159. The molecule has 3 rings (SSSR count). The molecule has 0 radical (unpaired) electrons. The van der Waals surface area contributed by atoms with Crippen molar-refractivity contribution >= 4 is 44.6 Å². The Kier molecular flexibility index (Phi) is 3.36. The minimum atomic E-state index is -0.316. The molecule has 1 unspecified atom stereocenters. The predicted molar refractivity (Wildman–Crippen MR) is 82.6 cm³/mol. The fourth-order valence-electron chi connectivity index (χ4n) is 2.39. The molecule has 2 heterocycles. The highest BCUT2D eigenvalue weighted by Gasteiger charge is 2.32. The fourth-order valence-corrected chi connectivity index (χ4v) is 3.77. The monoisotopic (exact) mass is 310 g/mol. The van der Waals surface area contributed by atoms with Gasteiger partial charge in [0, 0.05) is 16.7 Å². The Bertz CT molecular complexity index is 677. The smallest absolute Gasteiger partial charge is 0.264 e. The van der Waals surface area contributed by atoms with Gasteiger partial charge in [-0.2, -0.15) is 0 Å². The van der Waals surface area contributed by atoms with Crippen molar-refractivity contribution in [3.63, 3.8) is 0 Å². The molecule has 4 nitrogen and oxygen atoms in total. The molecule has 6 heteroatoms. The first-order valence-corrected chi connectivity index (χ1v) is 7.56. The lowest BCUT2D eigenvalue weighted by Gasteiger charge is -2.23. The third kappa shape index (κ3) is 2.26. The molecule has 106 valence electrons. The summed E-state index contributed by atoms with van der Waals surface area (Å²) < 4.78 is 6.27. The van der Waals surface area contributed by atoms with Gasteiger partial charge in [-0.05, 0) is 25.5 Å². The van der Waals surface area contributed by atoms with E-state index in [2.05, 4.69) is 5.32 Å². The van der Waals surface area contributed by atoms with Gasteiger partial charge in [-0.25, -0.2) is 0 Å². The van der Waals surface area contributed by atoms with Crippen LogP contribution in [0.5, 0.6) is 0 Å². The van der Waals surface area contributed by atoms with E-state index in [1.807, 2.05) is 19.1 Å². The van der Waals surface area contributed by atoms with Gasteiger partial charge in [0.15, 0.2) is 0 Å². The van der Waals surface area contributed by atoms with Crippen LogP contribution < -0.4 is 11.1 Å². The number of halogens is 1. The van der Waals surface area contributed by atoms with E-state index in [0.29, 0.717) is 28.8 Å². The van der Waals surface area contributed by atoms with Crippen molar-refractivity contribution in [1.29, 1.82) is 0 Å². The van der Waals surface area contributed by atoms with E-state index >= 15 is 0 Å². The molecule has 1 aromatic heterocycles. The zero-order chi connectivity index (χ0) is 14.3. The van der Waals surface area contributed by atoms with Crippen LogP contribution in [-0.2, 0) is 4.74 Å². The summed E-state index contributed by atoms with van der Waals surface area (Å²) in [5, 5.41) is 4.35. The Labute approximate surface area is 125 Å². The number of nitrogen functional groups attached to an aromatic ring is 1. The second kappa shape index (κ2) is 4.91. The van der Waals surface area contributed by atoms with Gasteiger partial charge in [-0.3, -0.25) is 4.79 Å². The third-order valence-corrected chi connectivity index (χ3v) is 5.03. The van der Waals surface area contributed by atoms with E-state index in [0.717, 1.165) is 16.5 Å². The topological polar surface area (TPSA) is 64.4 Å². The largest absolute Gasteiger partial charge is 0.397 e. The molecule has 1 saturated heterocycles. The number of carbonyl (C=O) groups excluding carboxylic acids is 1. The van der Waals surface area contributed by atoms with Crippen molar-refractivity contribution in [3.05, 3.63) is 28.1 Å². The van der Waals surface area contributed by atoms with Gasteiger partial charge < -0.3 is 15.8 Å². The maximum Gasteiger partial charge on any atom is 0.264 e. The number of carbonyl (C=O) groups is 1. The number of hydrogen-bond donors (Lipinski definition) is 2. The first kappa shape index (κ1) is 13.7. The molecule has 0 spiro atoms. The molecule has 1 aliphatic rings. The standard InChI is InChI=1S/C14H15ClN2O2S/c1-14(5-6-19-7-14)17-13(18)12-11(16)10-8(15)3-2-4-9(10)20-12/h2-4H,5-7,16H2,1H3,(H,17,18). The van der Waals surface area contributed by atoms with Gasteiger partial charge in [-0.1, -0.05) is 17.7 Å². The summed E-state index contributed by atoms with van der Waals surface area (Å²) in [7, 11) is 0. The van der Waals surface area contributed by atoms with Gasteiger partial charge in [0.2, 0.25) is 0 Å². The number of benzene rings is 1. The molecule has 0 aliphatic carbocycles. The van der Waals surface area contributed by atoms with Crippen LogP contribution in [-0.4, -0.2) is 24.7 Å². The van der Waals surface area contributed by atoms with Crippen molar-refractivity contribution in [1.82, 2.24) is 5.32 Å². The molecule has 1 aromatic carbocycles. The van der Waals surface area contributed by atoms with Crippen LogP contribution in [0.1, 0.15) is 23.0 Å². The number of amides is 1. The zero-order valence-electron chi connectivity index (χ0n) is 11.0. The summed E-state index contributed by atoms with van der Waals surface area (Å²) in [6.07, 6.45) is 0.810. The maximum atomic E-state index is 12.4. The molecule has 1 aliphatic heterocycles. The lowest BCUT2D eigenvalue weighted by atomic mass is 10.0. The Balaban J connectivity index is 1.96. The molecule has 3 N–H and O–H groups in total. The molecular weight excluding hydrogens is 296 g/mol. The summed E-state index contributed by atoms with van der Waals surface area (Å²) in [6.45, 7) is 3.18. The molecular formula is C14H15ClN2O2S. The van der Waals surface area contributed by atoms with Gasteiger partial charge in [0.05, 0.1) is 22.9 Å². The number of ether oxygens (including phenoxy) is 1. The molecule has 1 atom stereocenters. The normalized spacial score (nSPS) is 22.3. The van der Waals surface area contributed by atoms with Crippen LogP contribution >= 0.6 is 22.9 Å².